The first-order chi connectivity index (χ1) is 10.4. The Kier molecular flexibility index (Phi) is 3.76. The summed E-state index contributed by atoms with van der Waals surface area (Å²) in [6.45, 7) is 3.48. The molecule has 1 atom stereocenters. The molecule has 6 nitrogen and oxygen atoms in total. The lowest BCUT2D eigenvalue weighted by molar-refractivity contribution is 0.387. The zero-order chi connectivity index (χ0) is 15.7. The van der Waals surface area contributed by atoms with Crippen molar-refractivity contribution < 1.29 is 17.4 Å². The second kappa shape index (κ2) is 5.58. The lowest BCUT2D eigenvalue weighted by Crippen LogP contribution is -2.27. The van der Waals surface area contributed by atoms with Gasteiger partial charge in [-0.1, -0.05) is 23.4 Å². The summed E-state index contributed by atoms with van der Waals surface area (Å²) in [5, 5.41) is 4.62. The molecule has 0 radical (unpaired) electrons. The monoisotopic (exact) mass is 320 g/mol. The van der Waals surface area contributed by atoms with E-state index < -0.39 is 16.1 Å². The Balaban J connectivity index is 1.76. The van der Waals surface area contributed by atoms with Crippen molar-refractivity contribution in [3.05, 3.63) is 53.6 Å². The van der Waals surface area contributed by atoms with Crippen LogP contribution in [0.4, 0.5) is 0 Å². The molecule has 0 aliphatic carbocycles. The van der Waals surface area contributed by atoms with Crippen LogP contribution in [0, 0.1) is 6.92 Å². The number of aryl methyl sites for hydroxylation is 1. The van der Waals surface area contributed by atoms with Gasteiger partial charge in [-0.25, -0.2) is 13.1 Å². The van der Waals surface area contributed by atoms with Crippen molar-refractivity contribution in [2.45, 2.75) is 25.6 Å². The van der Waals surface area contributed by atoms with Gasteiger partial charge >= 0.3 is 0 Å². The second-order valence-electron chi connectivity index (χ2n) is 5.22. The van der Waals surface area contributed by atoms with Gasteiger partial charge in [0.05, 0.1) is 11.7 Å². The summed E-state index contributed by atoms with van der Waals surface area (Å²) >= 11 is 0. The van der Waals surface area contributed by atoms with Gasteiger partial charge in [0.15, 0.2) is 5.76 Å². The van der Waals surface area contributed by atoms with E-state index in [0.29, 0.717) is 17.2 Å². The molecular formula is C15H16N2O4S. The first-order valence-electron chi connectivity index (χ1n) is 6.83. The molecule has 0 aliphatic heterocycles. The van der Waals surface area contributed by atoms with E-state index in [1.165, 1.54) is 0 Å². The average molecular weight is 320 g/mol. The number of para-hydroxylation sites is 1. The fourth-order valence-corrected chi connectivity index (χ4v) is 3.51. The number of aromatic nitrogens is 1. The molecule has 0 aliphatic rings. The van der Waals surface area contributed by atoms with Crippen molar-refractivity contribution in [1.82, 2.24) is 9.88 Å². The molecule has 1 N–H and O–H groups in total. The van der Waals surface area contributed by atoms with Gasteiger partial charge in [-0.3, -0.25) is 0 Å². The van der Waals surface area contributed by atoms with Crippen LogP contribution in [0.1, 0.15) is 30.2 Å². The molecule has 0 saturated carbocycles. The van der Waals surface area contributed by atoms with Crippen LogP contribution in [0.5, 0.6) is 0 Å². The van der Waals surface area contributed by atoms with Crippen LogP contribution in [-0.2, 0) is 15.8 Å². The summed E-state index contributed by atoms with van der Waals surface area (Å²) < 4.78 is 37.5. The molecule has 3 aromatic rings. The van der Waals surface area contributed by atoms with Gasteiger partial charge in [-0.05, 0) is 26.0 Å². The van der Waals surface area contributed by atoms with E-state index in [9.17, 15) is 8.42 Å². The Morgan fingerprint density at radius 1 is 1.27 bits per heavy atom. The quantitative estimate of drug-likeness (QED) is 0.781. The van der Waals surface area contributed by atoms with Gasteiger partial charge in [0.1, 0.15) is 17.1 Å². The molecule has 0 saturated heterocycles. The molecule has 7 heteroatoms. The number of hydrogen-bond acceptors (Lipinski definition) is 5. The highest BCUT2D eigenvalue weighted by atomic mass is 32.2. The number of nitrogens with zero attached hydrogens (tertiary/aromatic N) is 1. The molecule has 116 valence electrons. The zero-order valence-corrected chi connectivity index (χ0v) is 13.1. The van der Waals surface area contributed by atoms with Crippen LogP contribution >= 0.6 is 0 Å². The molecular weight excluding hydrogens is 304 g/mol. The van der Waals surface area contributed by atoms with Crippen LogP contribution in [-0.4, -0.2) is 13.6 Å². The standard InChI is InChI=1S/C15H16N2O4S/c1-10-7-13(21-16-10)9-22(18,19)17-11(2)15-8-12-5-3-4-6-14(12)20-15/h3-8,11,17H,9H2,1-2H3. The van der Waals surface area contributed by atoms with E-state index >= 15 is 0 Å². The number of nitrogens with one attached hydrogen (secondary N) is 1. The fourth-order valence-electron chi connectivity index (χ4n) is 2.26. The molecule has 1 aromatic carbocycles. The van der Waals surface area contributed by atoms with Crippen molar-refractivity contribution in [3.63, 3.8) is 0 Å². The van der Waals surface area contributed by atoms with Gasteiger partial charge < -0.3 is 8.94 Å². The normalized spacial score (nSPS) is 13.5. The predicted octanol–water partition coefficient (Wildman–Crippen LogP) is 2.91. The first-order valence-corrected chi connectivity index (χ1v) is 8.49. The van der Waals surface area contributed by atoms with Gasteiger partial charge in [0.2, 0.25) is 10.0 Å². The number of furan rings is 1. The highest BCUT2D eigenvalue weighted by molar-refractivity contribution is 7.88. The van der Waals surface area contributed by atoms with Crippen molar-refractivity contribution in [2.24, 2.45) is 0 Å². The molecule has 0 spiro atoms. The largest absolute Gasteiger partial charge is 0.459 e. The summed E-state index contributed by atoms with van der Waals surface area (Å²) in [6, 6.07) is 10.5. The van der Waals surface area contributed by atoms with Gasteiger partial charge in [-0.15, -0.1) is 0 Å². The van der Waals surface area contributed by atoms with Crippen molar-refractivity contribution in [1.29, 1.82) is 0 Å². The zero-order valence-electron chi connectivity index (χ0n) is 12.2. The Morgan fingerprint density at radius 3 is 2.73 bits per heavy atom. The van der Waals surface area contributed by atoms with Crippen LogP contribution in [0.25, 0.3) is 11.0 Å². The summed E-state index contributed by atoms with van der Waals surface area (Å²) in [7, 11) is -3.55. The Labute approximate surface area is 128 Å². The van der Waals surface area contributed by atoms with Crippen LogP contribution < -0.4 is 4.72 Å². The number of benzene rings is 1. The maximum Gasteiger partial charge on any atom is 0.219 e. The minimum atomic E-state index is -3.55. The highest BCUT2D eigenvalue weighted by Gasteiger charge is 2.21. The third-order valence-corrected chi connectivity index (χ3v) is 4.61. The third-order valence-electron chi connectivity index (χ3n) is 3.24. The van der Waals surface area contributed by atoms with Gasteiger partial charge in [0, 0.05) is 11.5 Å². The minimum absolute atomic E-state index is 0.252. The Morgan fingerprint density at radius 2 is 2.05 bits per heavy atom. The molecule has 3 rings (SSSR count). The molecule has 1 unspecified atom stereocenters. The number of rotatable bonds is 5. The lowest BCUT2D eigenvalue weighted by Gasteiger charge is -2.10. The summed E-state index contributed by atoms with van der Waals surface area (Å²) in [5.74, 6) is 0.624. The van der Waals surface area contributed by atoms with Crippen LogP contribution in [0.2, 0.25) is 0 Å². The molecule has 22 heavy (non-hydrogen) atoms. The maximum atomic E-state index is 12.2. The third kappa shape index (κ3) is 3.20. The van der Waals surface area contributed by atoms with Crippen molar-refractivity contribution >= 4 is 21.0 Å². The van der Waals surface area contributed by atoms with Gasteiger partial charge in [0.25, 0.3) is 0 Å². The van der Waals surface area contributed by atoms with E-state index in [1.807, 2.05) is 30.3 Å². The Bertz CT molecular complexity index is 862. The number of fused-ring (bicyclic) bond motifs is 1. The van der Waals surface area contributed by atoms with Crippen LogP contribution in [0.15, 0.2) is 45.3 Å². The summed E-state index contributed by atoms with van der Waals surface area (Å²) in [4.78, 5) is 0. The average Bonchev–Trinajstić information content (AvgIpc) is 3.03. The summed E-state index contributed by atoms with van der Waals surface area (Å²) in [6.07, 6.45) is 0. The molecule has 0 amide bonds. The second-order valence-corrected chi connectivity index (χ2v) is 6.97. The minimum Gasteiger partial charge on any atom is -0.459 e. The molecule has 0 bridgehead atoms. The van der Waals surface area contributed by atoms with E-state index in [1.54, 1.807) is 19.9 Å². The topological polar surface area (TPSA) is 85.3 Å². The molecule has 2 aromatic heterocycles. The number of sulfonamides is 1. The maximum absolute atomic E-state index is 12.2. The number of hydrogen-bond donors (Lipinski definition) is 1. The smallest absolute Gasteiger partial charge is 0.219 e. The first kappa shape index (κ1) is 14.8. The highest BCUT2D eigenvalue weighted by Crippen LogP contribution is 2.24. The lowest BCUT2D eigenvalue weighted by atomic mass is 10.2. The van der Waals surface area contributed by atoms with Crippen molar-refractivity contribution in [2.75, 3.05) is 0 Å². The SMILES string of the molecule is Cc1cc(CS(=O)(=O)NC(C)c2cc3ccccc3o2)on1. The summed E-state index contributed by atoms with van der Waals surface area (Å²) in [5.41, 5.74) is 1.38. The van der Waals surface area contributed by atoms with Crippen molar-refractivity contribution in [3.8, 4) is 0 Å². The van der Waals surface area contributed by atoms with Gasteiger partial charge in [-0.2, -0.15) is 0 Å². The fraction of sp³-hybridized carbons (Fsp3) is 0.267. The van der Waals surface area contributed by atoms with E-state index in [0.717, 1.165) is 11.0 Å². The van der Waals surface area contributed by atoms with Crippen LogP contribution in [0.3, 0.4) is 0 Å². The Hall–Kier alpha value is -2.12. The predicted molar refractivity (Wildman–Crippen MR) is 81.6 cm³/mol. The molecule has 2 heterocycles. The van der Waals surface area contributed by atoms with E-state index in [4.69, 9.17) is 8.94 Å². The van der Waals surface area contributed by atoms with E-state index in [2.05, 4.69) is 9.88 Å². The van der Waals surface area contributed by atoms with E-state index in [-0.39, 0.29) is 5.75 Å². The molecule has 0 fully saturated rings.